The molecular formula is C7H18NO3P3S. The molecule has 5 unspecified atom stereocenters. The minimum absolute atomic E-state index is 0.0158. The third-order valence-electron chi connectivity index (χ3n) is 1.97. The van der Waals surface area contributed by atoms with E-state index in [1.54, 1.807) is 0 Å². The van der Waals surface area contributed by atoms with Crippen LogP contribution in [-0.4, -0.2) is 18.1 Å². The van der Waals surface area contributed by atoms with Gasteiger partial charge in [-0.3, -0.25) is 4.79 Å². The lowest BCUT2D eigenvalue weighted by molar-refractivity contribution is -0.119. The van der Waals surface area contributed by atoms with Crippen molar-refractivity contribution in [3.63, 3.8) is 0 Å². The van der Waals surface area contributed by atoms with Crippen LogP contribution in [0.1, 0.15) is 26.2 Å². The summed E-state index contributed by atoms with van der Waals surface area (Å²) in [6, 6.07) is 0. The fourth-order valence-corrected chi connectivity index (χ4v) is 2.38. The molecule has 0 aromatic rings. The van der Waals surface area contributed by atoms with Gasteiger partial charge in [-0.15, -0.1) is 0 Å². The highest BCUT2D eigenvalue weighted by Crippen LogP contribution is 2.28. The predicted molar refractivity (Wildman–Crippen MR) is 74.1 cm³/mol. The van der Waals surface area contributed by atoms with Gasteiger partial charge in [0.15, 0.2) is 0 Å². The summed E-state index contributed by atoms with van der Waals surface area (Å²) in [7, 11) is 5.12. The van der Waals surface area contributed by atoms with Gasteiger partial charge in [-0.1, -0.05) is 21.7 Å². The lowest BCUT2D eigenvalue weighted by atomic mass is 10.1. The van der Waals surface area contributed by atoms with Crippen LogP contribution >= 0.6 is 39.7 Å². The number of nitrogens with one attached hydrogen (secondary N) is 1. The molecule has 0 aliphatic heterocycles. The van der Waals surface area contributed by atoms with E-state index in [0.29, 0.717) is 14.9 Å². The van der Waals surface area contributed by atoms with Crippen molar-refractivity contribution < 1.29 is 13.8 Å². The molecule has 0 saturated carbocycles. The molecule has 90 valence electrons. The molecule has 0 bridgehead atoms. The first-order valence-electron chi connectivity index (χ1n) is 4.55. The molecule has 8 heteroatoms. The molecule has 0 aliphatic rings. The average molecular weight is 289 g/mol. The quantitative estimate of drug-likeness (QED) is 0.531. The molecule has 0 aromatic heterocycles. The van der Waals surface area contributed by atoms with E-state index in [9.17, 15) is 4.79 Å². The van der Waals surface area contributed by atoms with E-state index in [-0.39, 0.29) is 18.1 Å². The number of hydrogen-bond acceptors (Lipinski definition) is 4. The predicted octanol–water partition coefficient (Wildman–Crippen LogP) is 2.08. The summed E-state index contributed by atoms with van der Waals surface area (Å²) in [5, 5.41) is 0. The summed E-state index contributed by atoms with van der Waals surface area (Å²) in [5.41, 5.74) is 0. The van der Waals surface area contributed by atoms with Gasteiger partial charge in [-0.05, 0) is 19.8 Å². The summed E-state index contributed by atoms with van der Waals surface area (Å²) in [4.78, 5) is 10.9. The molecule has 1 N–H and O–H groups in total. The van der Waals surface area contributed by atoms with E-state index in [1.165, 1.54) is 0 Å². The minimum Gasteiger partial charge on any atom is -0.360 e. The van der Waals surface area contributed by atoms with Crippen molar-refractivity contribution in [1.29, 1.82) is 0 Å². The average Bonchev–Trinajstić information content (AvgIpc) is 2.26. The number of rotatable bonds is 8. The SMILES string of the molecule is CC(OP)C(CCCC(=O)NS)OPP. The van der Waals surface area contributed by atoms with Gasteiger partial charge < -0.3 is 13.8 Å². The Morgan fingerprint density at radius 2 is 2.33 bits per heavy atom. The fourth-order valence-electron chi connectivity index (χ4n) is 1.08. The second kappa shape index (κ2) is 10.2. The van der Waals surface area contributed by atoms with Crippen LogP contribution in [-0.2, 0) is 13.8 Å². The van der Waals surface area contributed by atoms with Gasteiger partial charge in [-0.2, -0.15) is 0 Å². The zero-order valence-corrected chi connectivity index (χ0v) is 12.8. The molecule has 15 heavy (non-hydrogen) atoms. The lowest BCUT2D eigenvalue weighted by Crippen LogP contribution is -2.24. The fraction of sp³-hybridized carbons (Fsp3) is 0.857. The highest BCUT2D eigenvalue weighted by Gasteiger charge is 2.17. The first-order chi connectivity index (χ1) is 7.15. The standard InChI is InChI=1S/C7H18NO3P3S/c1-5(10-12)6(11-14-13)3-2-4-7(9)8-15/h5-6,14-15H,2-4,12-13H2,1H3,(H,8,9). The molecule has 0 aromatic carbocycles. The van der Waals surface area contributed by atoms with Crippen LogP contribution in [0, 0.1) is 0 Å². The maximum atomic E-state index is 10.9. The Kier molecular flexibility index (Phi) is 10.9. The smallest absolute Gasteiger partial charge is 0.229 e. The first kappa shape index (κ1) is 16.0. The van der Waals surface area contributed by atoms with Crippen LogP contribution in [0.25, 0.3) is 0 Å². The molecule has 0 aliphatic carbocycles. The van der Waals surface area contributed by atoms with E-state index in [1.807, 2.05) is 6.92 Å². The third-order valence-corrected chi connectivity index (χ3v) is 3.50. The third kappa shape index (κ3) is 7.85. The molecule has 0 saturated heterocycles. The highest BCUT2D eigenvalue weighted by molar-refractivity contribution is 8.00. The van der Waals surface area contributed by atoms with Crippen molar-refractivity contribution in [2.45, 2.75) is 38.4 Å². The maximum Gasteiger partial charge on any atom is 0.229 e. The molecule has 0 rings (SSSR count). The maximum absolute atomic E-state index is 10.9. The zero-order valence-electron chi connectivity index (χ0n) is 8.60. The van der Waals surface area contributed by atoms with Gasteiger partial charge in [0.2, 0.25) is 5.91 Å². The number of hydrogen-bond donors (Lipinski definition) is 2. The van der Waals surface area contributed by atoms with Crippen molar-refractivity contribution in [3.8, 4) is 0 Å². The number of amides is 1. The van der Waals surface area contributed by atoms with Crippen LogP contribution in [0.3, 0.4) is 0 Å². The van der Waals surface area contributed by atoms with E-state index in [0.717, 1.165) is 12.8 Å². The molecule has 0 radical (unpaired) electrons. The molecule has 0 spiro atoms. The number of carbonyl (C=O) groups excluding carboxylic acids is 1. The van der Waals surface area contributed by atoms with E-state index >= 15 is 0 Å². The van der Waals surface area contributed by atoms with Gasteiger partial charge in [0.25, 0.3) is 0 Å². The second-order valence-corrected chi connectivity index (χ2v) is 4.72. The van der Waals surface area contributed by atoms with Gasteiger partial charge >= 0.3 is 0 Å². The molecule has 1 amide bonds. The van der Waals surface area contributed by atoms with Crippen LogP contribution in [0.15, 0.2) is 0 Å². The van der Waals surface area contributed by atoms with Gasteiger partial charge in [-0.25, -0.2) is 0 Å². The minimum atomic E-state index is -0.0650. The Labute approximate surface area is 103 Å². The van der Waals surface area contributed by atoms with Crippen molar-refractivity contribution in [2.24, 2.45) is 0 Å². The van der Waals surface area contributed by atoms with Gasteiger partial charge in [0, 0.05) is 24.4 Å². The molecule has 4 nitrogen and oxygen atoms in total. The van der Waals surface area contributed by atoms with E-state index < -0.39 is 0 Å². The normalized spacial score (nSPS) is 15.5. The number of carbonyl (C=O) groups is 1. The first-order valence-corrected chi connectivity index (χ1v) is 8.19. The van der Waals surface area contributed by atoms with Crippen molar-refractivity contribution in [1.82, 2.24) is 4.72 Å². The monoisotopic (exact) mass is 289 g/mol. The summed E-state index contributed by atoms with van der Waals surface area (Å²) in [6.07, 6.45) is 2.09. The Hall–Kier alpha value is 1.03. The van der Waals surface area contributed by atoms with Gasteiger partial charge in [0.1, 0.15) is 0 Å². The Bertz CT molecular complexity index is 187. The van der Waals surface area contributed by atoms with Crippen LogP contribution in [0.5, 0.6) is 0 Å². The van der Waals surface area contributed by atoms with Crippen LogP contribution in [0.2, 0.25) is 0 Å². The van der Waals surface area contributed by atoms with Crippen molar-refractivity contribution in [3.05, 3.63) is 0 Å². The van der Waals surface area contributed by atoms with Crippen molar-refractivity contribution >= 4 is 45.6 Å². The Morgan fingerprint density at radius 1 is 1.67 bits per heavy atom. The Balaban J connectivity index is 3.80. The largest absolute Gasteiger partial charge is 0.360 e. The lowest BCUT2D eigenvalue weighted by Gasteiger charge is -2.21. The second-order valence-electron chi connectivity index (χ2n) is 3.04. The molecule has 0 fully saturated rings. The van der Waals surface area contributed by atoms with E-state index in [4.69, 9.17) is 9.05 Å². The number of thiol groups is 1. The molecule has 0 heterocycles. The highest BCUT2D eigenvalue weighted by atomic mass is 32.1. The van der Waals surface area contributed by atoms with Gasteiger partial charge in [0.05, 0.1) is 12.2 Å². The summed E-state index contributed by atoms with van der Waals surface area (Å²) in [5.74, 6) is -0.0650. The summed E-state index contributed by atoms with van der Waals surface area (Å²) >= 11 is 3.68. The van der Waals surface area contributed by atoms with E-state index in [2.05, 4.69) is 35.9 Å². The van der Waals surface area contributed by atoms with Crippen molar-refractivity contribution in [2.75, 3.05) is 0 Å². The Morgan fingerprint density at radius 3 is 2.80 bits per heavy atom. The molecular weight excluding hydrogens is 271 g/mol. The van der Waals surface area contributed by atoms with Crippen LogP contribution < -0.4 is 4.72 Å². The summed E-state index contributed by atoms with van der Waals surface area (Å²) in [6.45, 7) is 1.95. The topological polar surface area (TPSA) is 47.6 Å². The van der Waals surface area contributed by atoms with Crippen LogP contribution in [0.4, 0.5) is 0 Å². The zero-order chi connectivity index (χ0) is 11.7. The molecule has 5 atom stereocenters. The summed E-state index contributed by atoms with van der Waals surface area (Å²) < 4.78 is 12.9.